The van der Waals surface area contributed by atoms with Crippen molar-refractivity contribution >= 4 is 5.97 Å². The Bertz CT molecular complexity index is 178. The predicted octanol–water partition coefficient (Wildman–Crippen LogP) is -0.171. The third-order valence-corrected chi connectivity index (χ3v) is 2.40. The van der Waals surface area contributed by atoms with Crippen molar-refractivity contribution in [1.82, 2.24) is 4.90 Å². The van der Waals surface area contributed by atoms with Gasteiger partial charge in [-0.1, -0.05) is 6.92 Å². The first-order valence-corrected chi connectivity index (χ1v) is 4.69. The summed E-state index contributed by atoms with van der Waals surface area (Å²) in [4.78, 5) is 13.2. The Morgan fingerprint density at radius 2 is 2.31 bits per heavy atom. The molecule has 0 aromatic heterocycles. The predicted molar refractivity (Wildman–Crippen MR) is 50.2 cm³/mol. The normalized spacial score (nSPS) is 20.8. The van der Waals surface area contributed by atoms with E-state index in [4.69, 9.17) is 5.73 Å². The summed E-state index contributed by atoms with van der Waals surface area (Å²) in [6, 6.07) is -0.457. The highest BCUT2D eigenvalue weighted by atomic mass is 16.5. The van der Waals surface area contributed by atoms with E-state index in [2.05, 4.69) is 16.6 Å². The number of hydrogen-bond donors (Lipinski definition) is 1. The van der Waals surface area contributed by atoms with Crippen LogP contribution in [-0.2, 0) is 9.53 Å². The second-order valence-corrected chi connectivity index (χ2v) is 3.78. The molecule has 76 valence electrons. The molecule has 1 unspecified atom stereocenters. The van der Waals surface area contributed by atoms with Gasteiger partial charge in [-0.2, -0.15) is 0 Å². The first-order valence-electron chi connectivity index (χ1n) is 4.69. The third kappa shape index (κ3) is 2.97. The average molecular weight is 186 g/mol. The molecule has 0 aromatic rings. The Kier molecular flexibility index (Phi) is 3.69. The highest BCUT2D eigenvalue weighted by Gasteiger charge is 2.23. The van der Waals surface area contributed by atoms with E-state index in [0.29, 0.717) is 6.42 Å². The zero-order valence-electron chi connectivity index (χ0n) is 8.32. The van der Waals surface area contributed by atoms with Crippen LogP contribution in [0.1, 0.15) is 13.3 Å². The van der Waals surface area contributed by atoms with Crippen LogP contribution >= 0.6 is 0 Å². The molecule has 0 spiro atoms. The van der Waals surface area contributed by atoms with Crippen molar-refractivity contribution in [2.45, 2.75) is 19.4 Å². The fourth-order valence-electron chi connectivity index (χ4n) is 1.60. The van der Waals surface area contributed by atoms with Gasteiger partial charge >= 0.3 is 5.97 Å². The van der Waals surface area contributed by atoms with Crippen LogP contribution < -0.4 is 5.73 Å². The lowest BCUT2D eigenvalue weighted by atomic mass is 10.0. The van der Waals surface area contributed by atoms with Crippen molar-refractivity contribution in [2.24, 2.45) is 11.7 Å². The first-order chi connectivity index (χ1) is 6.13. The van der Waals surface area contributed by atoms with Crippen LogP contribution in [0, 0.1) is 5.92 Å². The number of likely N-dealkylation sites (tertiary alicyclic amines) is 1. The molecule has 0 radical (unpaired) electrons. The van der Waals surface area contributed by atoms with Crippen molar-refractivity contribution < 1.29 is 9.53 Å². The summed E-state index contributed by atoms with van der Waals surface area (Å²) in [5.41, 5.74) is 5.59. The number of nitrogens with two attached hydrogens (primary N) is 1. The molecule has 4 nitrogen and oxygen atoms in total. The summed E-state index contributed by atoms with van der Waals surface area (Å²) < 4.78 is 4.53. The Labute approximate surface area is 79.0 Å². The number of nitrogens with zero attached hydrogens (tertiary/aromatic N) is 1. The standard InChI is InChI=1S/C9H18N2O2/c1-7-5-11(6-7)4-3-8(10)9(12)13-2/h7-8H,3-6,10H2,1-2H3. The number of rotatable bonds is 4. The van der Waals surface area contributed by atoms with Crippen LogP contribution in [0.5, 0.6) is 0 Å². The van der Waals surface area contributed by atoms with Gasteiger partial charge in [0.1, 0.15) is 6.04 Å². The minimum absolute atomic E-state index is 0.312. The number of methoxy groups -OCH3 is 1. The lowest BCUT2D eigenvalue weighted by Gasteiger charge is -2.37. The Hall–Kier alpha value is -0.610. The van der Waals surface area contributed by atoms with Gasteiger partial charge in [-0.05, 0) is 12.3 Å². The van der Waals surface area contributed by atoms with E-state index in [9.17, 15) is 4.79 Å². The van der Waals surface area contributed by atoms with E-state index in [1.165, 1.54) is 7.11 Å². The second kappa shape index (κ2) is 4.58. The van der Waals surface area contributed by atoms with Crippen LogP contribution in [0.15, 0.2) is 0 Å². The molecule has 1 heterocycles. The summed E-state index contributed by atoms with van der Waals surface area (Å²) in [5, 5.41) is 0. The molecular formula is C9H18N2O2. The van der Waals surface area contributed by atoms with Gasteiger partial charge in [0.05, 0.1) is 7.11 Å². The maximum atomic E-state index is 10.9. The molecule has 1 atom stereocenters. The zero-order chi connectivity index (χ0) is 9.84. The van der Waals surface area contributed by atoms with Crippen molar-refractivity contribution in [2.75, 3.05) is 26.7 Å². The Morgan fingerprint density at radius 3 is 2.77 bits per heavy atom. The SMILES string of the molecule is COC(=O)C(N)CCN1CC(C)C1. The average Bonchev–Trinajstić information content (AvgIpc) is 2.08. The minimum atomic E-state index is -0.457. The van der Waals surface area contributed by atoms with Gasteiger partial charge in [0.25, 0.3) is 0 Å². The van der Waals surface area contributed by atoms with Crippen molar-refractivity contribution in [3.8, 4) is 0 Å². The van der Waals surface area contributed by atoms with Crippen molar-refractivity contribution in [3.63, 3.8) is 0 Å². The fraction of sp³-hybridized carbons (Fsp3) is 0.889. The molecule has 1 aliphatic heterocycles. The summed E-state index contributed by atoms with van der Waals surface area (Å²) in [7, 11) is 1.37. The number of hydrogen-bond acceptors (Lipinski definition) is 4. The molecule has 0 aliphatic carbocycles. The van der Waals surface area contributed by atoms with Gasteiger partial charge in [0, 0.05) is 19.6 Å². The van der Waals surface area contributed by atoms with E-state index in [-0.39, 0.29) is 5.97 Å². The van der Waals surface area contributed by atoms with Crippen LogP contribution in [0.3, 0.4) is 0 Å². The van der Waals surface area contributed by atoms with Gasteiger partial charge in [-0.15, -0.1) is 0 Å². The molecule has 0 amide bonds. The second-order valence-electron chi connectivity index (χ2n) is 3.78. The Morgan fingerprint density at radius 1 is 1.69 bits per heavy atom. The first kappa shape index (κ1) is 10.5. The molecular weight excluding hydrogens is 168 g/mol. The molecule has 1 saturated heterocycles. The number of esters is 1. The maximum Gasteiger partial charge on any atom is 0.322 e. The summed E-state index contributed by atoms with van der Waals surface area (Å²) >= 11 is 0. The van der Waals surface area contributed by atoms with Crippen molar-refractivity contribution in [3.05, 3.63) is 0 Å². The summed E-state index contributed by atoms with van der Waals surface area (Å²) in [6.07, 6.45) is 0.694. The largest absolute Gasteiger partial charge is 0.468 e. The number of ether oxygens (including phenoxy) is 1. The topological polar surface area (TPSA) is 55.6 Å². The molecule has 1 fully saturated rings. The molecule has 1 aliphatic rings. The van der Waals surface area contributed by atoms with E-state index in [1.807, 2.05) is 0 Å². The highest BCUT2D eigenvalue weighted by molar-refractivity contribution is 5.75. The summed E-state index contributed by atoms with van der Waals surface area (Å²) in [5.74, 6) is 0.489. The van der Waals surface area contributed by atoms with Crippen LogP contribution in [-0.4, -0.2) is 43.7 Å². The van der Waals surface area contributed by atoms with E-state index < -0.39 is 6.04 Å². The number of carbonyl (C=O) groups excluding carboxylic acids is 1. The quantitative estimate of drug-likeness (QED) is 0.619. The smallest absolute Gasteiger partial charge is 0.322 e. The number of carbonyl (C=O) groups is 1. The minimum Gasteiger partial charge on any atom is -0.468 e. The molecule has 1 rings (SSSR count). The van der Waals surface area contributed by atoms with Crippen molar-refractivity contribution in [1.29, 1.82) is 0 Å². The Balaban J connectivity index is 2.08. The molecule has 0 aromatic carbocycles. The zero-order valence-corrected chi connectivity index (χ0v) is 8.32. The lowest BCUT2D eigenvalue weighted by Crippen LogP contribution is -2.47. The van der Waals surface area contributed by atoms with E-state index >= 15 is 0 Å². The summed E-state index contributed by atoms with van der Waals surface area (Å²) in [6.45, 7) is 5.39. The molecule has 2 N–H and O–H groups in total. The third-order valence-electron chi connectivity index (χ3n) is 2.40. The van der Waals surface area contributed by atoms with Crippen LogP contribution in [0.4, 0.5) is 0 Å². The van der Waals surface area contributed by atoms with Crippen LogP contribution in [0.2, 0.25) is 0 Å². The highest BCUT2D eigenvalue weighted by Crippen LogP contribution is 2.14. The monoisotopic (exact) mass is 186 g/mol. The fourth-order valence-corrected chi connectivity index (χ4v) is 1.60. The van der Waals surface area contributed by atoms with Gasteiger partial charge in [-0.3, -0.25) is 4.79 Å². The van der Waals surface area contributed by atoms with Gasteiger partial charge in [-0.25, -0.2) is 0 Å². The van der Waals surface area contributed by atoms with E-state index in [0.717, 1.165) is 25.6 Å². The van der Waals surface area contributed by atoms with E-state index in [1.54, 1.807) is 0 Å². The lowest BCUT2D eigenvalue weighted by molar-refractivity contribution is -0.142. The molecule has 0 bridgehead atoms. The van der Waals surface area contributed by atoms with Gasteiger partial charge in [0.15, 0.2) is 0 Å². The van der Waals surface area contributed by atoms with Gasteiger partial charge < -0.3 is 15.4 Å². The molecule has 0 saturated carbocycles. The maximum absolute atomic E-state index is 10.9. The molecule has 4 heteroatoms. The van der Waals surface area contributed by atoms with Gasteiger partial charge in [0.2, 0.25) is 0 Å². The molecule has 13 heavy (non-hydrogen) atoms. The van der Waals surface area contributed by atoms with Crippen LogP contribution in [0.25, 0.3) is 0 Å².